The Morgan fingerprint density at radius 3 is 2.48 bits per heavy atom. The van der Waals surface area contributed by atoms with E-state index in [1.54, 1.807) is 0 Å². The van der Waals surface area contributed by atoms with Gasteiger partial charge < -0.3 is 0 Å². The van der Waals surface area contributed by atoms with Gasteiger partial charge in [0.15, 0.2) is 5.82 Å². The van der Waals surface area contributed by atoms with Gasteiger partial charge in [-0.25, -0.2) is 26.9 Å². The molecule has 1 heterocycles. The third kappa shape index (κ3) is 3.04. The third-order valence-corrected chi connectivity index (χ3v) is 4.41. The van der Waals surface area contributed by atoms with Crippen LogP contribution in [0.3, 0.4) is 0 Å². The molecule has 0 radical (unpaired) electrons. The Bertz CT molecular complexity index is 943. The van der Waals surface area contributed by atoms with E-state index < -0.39 is 26.6 Å². The summed E-state index contributed by atoms with van der Waals surface area (Å²) in [7, 11) is -4.15. The fraction of sp³-hybridized carbons (Fsp3) is 0. The van der Waals surface area contributed by atoms with Crippen LogP contribution in [-0.2, 0) is 10.0 Å². The molecule has 0 saturated heterocycles. The largest absolute Gasteiger partial charge is 0.279 e. The summed E-state index contributed by atoms with van der Waals surface area (Å²) in [5.41, 5.74) is 0.0750. The summed E-state index contributed by atoms with van der Waals surface area (Å²) in [6, 6.07) is 8.59. The van der Waals surface area contributed by atoms with Crippen LogP contribution in [0.4, 0.5) is 14.5 Å². The highest BCUT2D eigenvalue weighted by Crippen LogP contribution is 2.21. The third-order valence-electron chi connectivity index (χ3n) is 2.99. The molecule has 0 aliphatic carbocycles. The van der Waals surface area contributed by atoms with E-state index in [1.807, 2.05) is 0 Å². The molecule has 6 nitrogen and oxygen atoms in total. The first-order valence-electron chi connectivity index (χ1n) is 6.39. The summed E-state index contributed by atoms with van der Waals surface area (Å²) in [6.07, 6.45) is 2.55. The van der Waals surface area contributed by atoms with Gasteiger partial charge in [-0.05, 0) is 24.3 Å². The van der Waals surface area contributed by atoms with Crippen molar-refractivity contribution in [3.63, 3.8) is 0 Å². The fourth-order valence-electron chi connectivity index (χ4n) is 1.96. The van der Waals surface area contributed by atoms with Crippen LogP contribution >= 0.6 is 0 Å². The molecule has 0 amide bonds. The Balaban J connectivity index is 1.92. The molecule has 1 N–H and O–H groups in total. The summed E-state index contributed by atoms with van der Waals surface area (Å²) in [5.74, 6) is -1.59. The average Bonchev–Trinajstić information content (AvgIpc) is 3.01. The Labute approximate surface area is 130 Å². The predicted molar refractivity (Wildman–Crippen MR) is 78.5 cm³/mol. The summed E-state index contributed by atoms with van der Waals surface area (Å²) in [5, 5.41) is 3.79. The van der Waals surface area contributed by atoms with Crippen molar-refractivity contribution in [3.8, 4) is 5.69 Å². The molecular formula is C14H10F2N4O2S. The number of rotatable bonds is 4. The molecule has 9 heteroatoms. The molecule has 0 aliphatic heterocycles. The second-order valence-electron chi connectivity index (χ2n) is 4.54. The van der Waals surface area contributed by atoms with Gasteiger partial charge in [0, 0.05) is 6.07 Å². The van der Waals surface area contributed by atoms with E-state index in [0.717, 1.165) is 18.2 Å². The lowest BCUT2D eigenvalue weighted by molar-refractivity contribution is 0.570. The molecule has 0 bridgehead atoms. The Morgan fingerprint density at radius 1 is 1.04 bits per heavy atom. The van der Waals surface area contributed by atoms with Crippen molar-refractivity contribution in [1.29, 1.82) is 0 Å². The van der Waals surface area contributed by atoms with Crippen LogP contribution in [0.5, 0.6) is 0 Å². The van der Waals surface area contributed by atoms with Crippen LogP contribution in [0.1, 0.15) is 0 Å². The zero-order valence-electron chi connectivity index (χ0n) is 11.5. The first kappa shape index (κ1) is 15.1. The molecule has 0 atom stereocenters. The number of nitrogens with one attached hydrogen (secondary N) is 1. The molecule has 0 saturated carbocycles. The SMILES string of the molecule is O=S(=O)(Nc1ccc(-n2cncn2)c(F)c1)c1ccccc1F. The van der Waals surface area contributed by atoms with Gasteiger partial charge in [-0.2, -0.15) is 5.10 Å². The van der Waals surface area contributed by atoms with Crippen LogP contribution in [0, 0.1) is 11.6 Å². The van der Waals surface area contributed by atoms with Crippen LogP contribution in [0.2, 0.25) is 0 Å². The monoisotopic (exact) mass is 336 g/mol. The van der Waals surface area contributed by atoms with E-state index in [2.05, 4.69) is 14.8 Å². The molecular weight excluding hydrogens is 326 g/mol. The molecule has 0 fully saturated rings. The number of hydrogen-bond acceptors (Lipinski definition) is 4. The maximum atomic E-state index is 14.1. The minimum atomic E-state index is -4.15. The van der Waals surface area contributed by atoms with Gasteiger partial charge in [-0.3, -0.25) is 4.72 Å². The maximum Gasteiger partial charge on any atom is 0.264 e. The van der Waals surface area contributed by atoms with Crippen LogP contribution in [0.15, 0.2) is 60.0 Å². The van der Waals surface area contributed by atoms with Gasteiger partial charge in [0.2, 0.25) is 0 Å². The number of sulfonamides is 1. The highest BCUT2D eigenvalue weighted by atomic mass is 32.2. The summed E-state index contributed by atoms with van der Waals surface area (Å²) < 4.78 is 55.3. The zero-order valence-corrected chi connectivity index (χ0v) is 12.3. The van der Waals surface area contributed by atoms with Gasteiger partial charge in [-0.1, -0.05) is 12.1 Å². The van der Waals surface area contributed by atoms with Crippen LogP contribution in [0.25, 0.3) is 5.69 Å². The Kier molecular flexibility index (Phi) is 3.78. The number of hydrogen-bond donors (Lipinski definition) is 1. The van der Waals surface area contributed by atoms with Crippen molar-refractivity contribution in [3.05, 3.63) is 66.8 Å². The molecule has 1 aromatic heterocycles. The highest BCUT2D eigenvalue weighted by molar-refractivity contribution is 7.92. The standard InChI is InChI=1S/C14H10F2N4O2S/c15-11-3-1-2-4-14(11)23(21,22)19-10-5-6-13(12(16)7-10)20-9-17-8-18-20/h1-9,19H. The van der Waals surface area contributed by atoms with E-state index in [9.17, 15) is 17.2 Å². The molecule has 23 heavy (non-hydrogen) atoms. The number of halogens is 2. The molecule has 0 aliphatic rings. The lowest BCUT2D eigenvalue weighted by atomic mass is 10.3. The molecule has 2 aromatic carbocycles. The maximum absolute atomic E-state index is 14.1. The van der Waals surface area contributed by atoms with E-state index in [0.29, 0.717) is 0 Å². The van der Waals surface area contributed by atoms with E-state index >= 15 is 0 Å². The molecule has 3 aromatic rings. The van der Waals surface area contributed by atoms with Crippen molar-refractivity contribution in [2.75, 3.05) is 4.72 Å². The molecule has 0 spiro atoms. The number of nitrogens with zero attached hydrogens (tertiary/aromatic N) is 3. The van der Waals surface area contributed by atoms with E-state index in [1.165, 1.54) is 41.6 Å². The second kappa shape index (κ2) is 5.76. The summed E-state index contributed by atoms with van der Waals surface area (Å²) in [6.45, 7) is 0. The van der Waals surface area contributed by atoms with Crippen molar-refractivity contribution in [1.82, 2.24) is 14.8 Å². The fourth-order valence-corrected chi connectivity index (χ4v) is 3.09. The van der Waals surface area contributed by atoms with Gasteiger partial charge in [0.05, 0.1) is 5.69 Å². The van der Waals surface area contributed by atoms with Crippen molar-refractivity contribution in [2.45, 2.75) is 4.90 Å². The van der Waals surface area contributed by atoms with Crippen LogP contribution in [-0.4, -0.2) is 23.2 Å². The lowest BCUT2D eigenvalue weighted by Gasteiger charge is -2.10. The quantitative estimate of drug-likeness (QED) is 0.793. The van der Waals surface area contributed by atoms with Gasteiger partial charge in [0.25, 0.3) is 10.0 Å². The van der Waals surface area contributed by atoms with Crippen LogP contribution < -0.4 is 4.72 Å². The average molecular weight is 336 g/mol. The van der Waals surface area contributed by atoms with E-state index in [-0.39, 0.29) is 11.4 Å². The van der Waals surface area contributed by atoms with Gasteiger partial charge >= 0.3 is 0 Å². The van der Waals surface area contributed by atoms with Crippen molar-refractivity contribution >= 4 is 15.7 Å². The summed E-state index contributed by atoms with van der Waals surface area (Å²) in [4.78, 5) is 3.19. The minimum Gasteiger partial charge on any atom is -0.279 e. The number of benzene rings is 2. The minimum absolute atomic E-state index is 0.0328. The number of anilines is 1. The Hall–Kier alpha value is -2.81. The molecule has 3 rings (SSSR count). The number of aromatic nitrogens is 3. The second-order valence-corrected chi connectivity index (χ2v) is 6.19. The molecule has 0 unspecified atom stereocenters. The smallest absolute Gasteiger partial charge is 0.264 e. The zero-order chi connectivity index (χ0) is 16.4. The predicted octanol–water partition coefficient (Wildman–Crippen LogP) is 2.35. The topological polar surface area (TPSA) is 76.9 Å². The highest BCUT2D eigenvalue weighted by Gasteiger charge is 2.19. The van der Waals surface area contributed by atoms with E-state index in [4.69, 9.17) is 0 Å². The van der Waals surface area contributed by atoms with Crippen molar-refractivity contribution < 1.29 is 17.2 Å². The normalized spacial score (nSPS) is 11.4. The van der Waals surface area contributed by atoms with Crippen molar-refractivity contribution in [2.24, 2.45) is 0 Å². The lowest BCUT2D eigenvalue weighted by Crippen LogP contribution is -2.14. The van der Waals surface area contributed by atoms with Gasteiger partial charge in [-0.15, -0.1) is 0 Å². The van der Waals surface area contributed by atoms with Gasteiger partial charge in [0.1, 0.15) is 29.1 Å². The summed E-state index contributed by atoms with van der Waals surface area (Å²) >= 11 is 0. The Morgan fingerprint density at radius 2 is 1.83 bits per heavy atom. The first-order valence-corrected chi connectivity index (χ1v) is 7.87. The first-order chi connectivity index (χ1) is 11.0. The molecule has 118 valence electrons.